The first-order valence-electron chi connectivity index (χ1n) is 5.85. The van der Waals surface area contributed by atoms with Crippen molar-refractivity contribution < 1.29 is 14.5 Å². The summed E-state index contributed by atoms with van der Waals surface area (Å²) in [5.41, 5.74) is 5.28. The molecule has 1 rings (SSSR count). The van der Waals surface area contributed by atoms with Crippen molar-refractivity contribution in [2.75, 3.05) is 26.0 Å². The van der Waals surface area contributed by atoms with Crippen LogP contribution < -0.4 is 11.1 Å². The van der Waals surface area contributed by atoms with Gasteiger partial charge in [0, 0.05) is 38.7 Å². The van der Waals surface area contributed by atoms with E-state index in [4.69, 9.17) is 5.73 Å². The van der Waals surface area contributed by atoms with Gasteiger partial charge in [-0.15, -0.1) is 0 Å². The molecule has 2 amide bonds. The molecule has 0 unspecified atom stereocenters. The number of carbonyl (C=O) groups is 2. The number of primary amides is 1. The van der Waals surface area contributed by atoms with Gasteiger partial charge in [-0.1, -0.05) is 0 Å². The van der Waals surface area contributed by atoms with Crippen LogP contribution in [0.25, 0.3) is 0 Å². The van der Waals surface area contributed by atoms with Gasteiger partial charge in [0.05, 0.1) is 4.92 Å². The minimum Gasteiger partial charge on any atom is -0.379 e. The van der Waals surface area contributed by atoms with E-state index in [0.717, 1.165) is 0 Å². The van der Waals surface area contributed by atoms with Crippen LogP contribution in [0.2, 0.25) is 0 Å². The first-order valence-corrected chi connectivity index (χ1v) is 5.85. The van der Waals surface area contributed by atoms with Crippen LogP contribution in [0.4, 0.5) is 11.4 Å². The van der Waals surface area contributed by atoms with Gasteiger partial charge < -0.3 is 16.0 Å². The van der Waals surface area contributed by atoms with E-state index in [0.29, 0.717) is 0 Å². The summed E-state index contributed by atoms with van der Waals surface area (Å²) in [5, 5.41) is 13.7. The number of nitrogens with two attached hydrogens (primary N) is 1. The molecule has 0 aliphatic rings. The Hall–Kier alpha value is -2.64. The highest BCUT2D eigenvalue weighted by Crippen LogP contribution is 2.25. The number of nitrogens with one attached hydrogen (secondary N) is 1. The molecular weight excluding hydrogens is 264 g/mol. The molecule has 8 heteroatoms. The van der Waals surface area contributed by atoms with Crippen molar-refractivity contribution in [3.8, 4) is 0 Å². The Morgan fingerprint density at radius 3 is 2.55 bits per heavy atom. The minimum atomic E-state index is -0.674. The first-order chi connectivity index (χ1) is 9.32. The number of rotatable bonds is 6. The number of carbonyl (C=O) groups excluding carboxylic acids is 2. The van der Waals surface area contributed by atoms with Crippen molar-refractivity contribution in [3.63, 3.8) is 0 Å². The molecule has 1 aromatic rings. The molecule has 108 valence electrons. The lowest BCUT2D eigenvalue weighted by Crippen LogP contribution is -2.24. The number of hydrogen-bond donors (Lipinski definition) is 2. The van der Waals surface area contributed by atoms with Gasteiger partial charge in [0.25, 0.3) is 5.69 Å². The molecule has 1 aromatic carbocycles. The van der Waals surface area contributed by atoms with Crippen molar-refractivity contribution in [2.45, 2.75) is 6.42 Å². The monoisotopic (exact) mass is 280 g/mol. The molecule has 0 radical (unpaired) electrons. The van der Waals surface area contributed by atoms with Crippen molar-refractivity contribution in [2.24, 2.45) is 5.73 Å². The summed E-state index contributed by atoms with van der Waals surface area (Å²) in [5.74, 6) is -0.779. The molecule has 20 heavy (non-hydrogen) atoms. The van der Waals surface area contributed by atoms with E-state index in [1.165, 1.54) is 23.1 Å². The number of nitro groups is 1. The van der Waals surface area contributed by atoms with E-state index in [1.807, 2.05) is 0 Å². The Bertz CT molecular complexity index is 542. The molecule has 0 atom stereocenters. The molecule has 0 heterocycles. The molecule has 0 fully saturated rings. The molecular formula is C12H16N4O4. The van der Waals surface area contributed by atoms with E-state index < -0.39 is 10.8 Å². The summed E-state index contributed by atoms with van der Waals surface area (Å²) in [6.07, 6.45) is 0.185. The fourth-order valence-corrected chi connectivity index (χ4v) is 1.52. The zero-order valence-electron chi connectivity index (χ0n) is 11.3. The lowest BCUT2D eigenvalue weighted by atomic mass is 10.1. The van der Waals surface area contributed by atoms with Gasteiger partial charge in [0.15, 0.2) is 0 Å². The Morgan fingerprint density at radius 1 is 1.40 bits per heavy atom. The zero-order chi connectivity index (χ0) is 15.3. The molecule has 0 bridgehead atoms. The molecule has 0 aromatic heterocycles. The normalized spacial score (nSPS) is 9.90. The number of benzene rings is 1. The highest BCUT2D eigenvalue weighted by atomic mass is 16.6. The molecule has 0 aliphatic heterocycles. The van der Waals surface area contributed by atoms with E-state index in [9.17, 15) is 19.7 Å². The van der Waals surface area contributed by atoms with Crippen molar-refractivity contribution in [1.82, 2.24) is 4.90 Å². The van der Waals surface area contributed by atoms with Gasteiger partial charge in [-0.3, -0.25) is 19.7 Å². The second kappa shape index (κ2) is 6.50. The van der Waals surface area contributed by atoms with Crippen LogP contribution in [0.15, 0.2) is 18.2 Å². The highest BCUT2D eigenvalue weighted by molar-refractivity contribution is 5.94. The second-order valence-electron chi connectivity index (χ2n) is 4.32. The minimum absolute atomic E-state index is 0.105. The Labute approximate surface area is 115 Å². The number of hydrogen-bond acceptors (Lipinski definition) is 5. The van der Waals surface area contributed by atoms with E-state index >= 15 is 0 Å². The van der Waals surface area contributed by atoms with Gasteiger partial charge in [-0.05, 0) is 12.1 Å². The van der Waals surface area contributed by atoms with Crippen LogP contribution in [0.3, 0.4) is 0 Å². The van der Waals surface area contributed by atoms with Crippen LogP contribution in [0, 0.1) is 10.1 Å². The third kappa shape index (κ3) is 3.94. The van der Waals surface area contributed by atoms with Crippen molar-refractivity contribution >= 4 is 23.2 Å². The Morgan fingerprint density at radius 2 is 2.05 bits per heavy atom. The predicted octanol–water partition coefficient (Wildman–Crippen LogP) is 0.584. The average Bonchev–Trinajstić information content (AvgIpc) is 2.37. The predicted molar refractivity (Wildman–Crippen MR) is 73.4 cm³/mol. The second-order valence-corrected chi connectivity index (χ2v) is 4.32. The van der Waals surface area contributed by atoms with Crippen LogP contribution in [-0.4, -0.2) is 42.3 Å². The topological polar surface area (TPSA) is 119 Å². The number of amides is 2. The maximum Gasteiger partial charge on any atom is 0.292 e. The molecule has 0 saturated carbocycles. The number of nitrogens with zero attached hydrogens (tertiary/aromatic N) is 2. The first kappa shape index (κ1) is 15.4. The maximum absolute atomic E-state index is 11.4. The Kier molecular flexibility index (Phi) is 5.01. The van der Waals surface area contributed by atoms with Crippen molar-refractivity contribution in [1.29, 1.82) is 0 Å². The Balaban J connectivity index is 2.85. The van der Waals surface area contributed by atoms with E-state index in [2.05, 4.69) is 5.32 Å². The van der Waals surface area contributed by atoms with Gasteiger partial charge in [0.1, 0.15) is 5.69 Å². The fourth-order valence-electron chi connectivity index (χ4n) is 1.52. The van der Waals surface area contributed by atoms with Crippen LogP contribution >= 0.6 is 0 Å². The molecule has 0 saturated heterocycles. The van der Waals surface area contributed by atoms with Crippen LogP contribution in [0.1, 0.15) is 16.8 Å². The average molecular weight is 280 g/mol. The molecule has 3 N–H and O–H groups in total. The van der Waals surface area contributed by atoms with Gasteiger partial charge in [-0.25, -0.2) is 0 Å². The van der Waals surface area contributed by atoms with Crippen LogP contribution in [0.5, 0.6) is 0 Å². The summed E-state index contributed by atoms with van der Waals surface area (Å²) in [6, 6.07) is 3.80. The maximum atomic E-state index is 11.4. The standard InChI is InChI=1S/C12H16N4O4/c1-15(2)11(17)5-6-14-9-7-8(12(13)18)3-4-10(9)16(19)20/h3-4,7,14H,5-6H2,1-2H3,(H2,13,18). The molecule has 8 nitrogen and oxygen atoms in total. The highest BCUT2D eigenvalue weighted by Gasteiger charge is 2.16. The summed E-state index contributed by atoms with van der Waals surface area (Å²) in [4.78, 5) is 34.2. The van der Waals surface area contributed by atoms with Gasteiger partial charge in [-0.2, -0.15) is 0 Å². The smallest absolute Gasteiger partial charge is 0.292 e. The van der Waals surface area contributed by atoms with Crippen LogP contribution in [-0.2, 0) is 4.79 Å². The lowest BCUT2D eigenvalue weighted by molar-refractivity contribution is -0.384. The summed E-state index contributed by atoms with van der Waals surface area (Å²) >= 11 is 0. The summed E-state index contributed by atoms with van der Waals surface area (Å²) in [7, 11) is 3.25. The zero-order valence-corrected chi connectivity index (χ0v) is 11.3. The van der Waals surface area contributed by atoms with Crippen molar-refractivity contribution in [3.05, 3.63) is 33.9 Å². The third-order valence-electron chi connectivity index (χ3n) is 2.63. The quantitative estimate of drug-likeness (QED) is 0.583. The fraction of sp³-hybridized carbons (Fsp3) is 0.333. The molecule has 0 aliphatic carbocycles. The SMILES string of the molecule is CN(C)C(=O)CCNc1cc(C(N)=O)ccc1[N+](=O)[O-]. The largest absolute Gasteiger partial charge is 0.379 e. The summed E-state index contributed by atoms with van der Waals surface area (Å²) < 4.78 is 0. The summed E-state index contributed by atoms with van der Waals surface area (Å²) in [6.45, 7) is 0.222. The van der Waals surface area contributed by atoms with Gasteiger partial charge >= 0.3 is 0 Å². The van der Waals surface area contributed by atoms with Gasteiger partial charge in [0.2, 0.25) is 11.8 Å². The third-order valence-corrected chi connectivity index (χ3v) is 2.63. The van der Waals surface area contributed by atoms with E-state index in [-0.39, 0.29) is 35.8 Å². The van der Waals surface area contributed by atoms with E-state index in [1.54, 1.807) is 14.1 Å². The number of anilines is 1. The number of nitro benzene ring substituents is 1. The lowest BCUT2D eigenvalue weighted by Gasteiger charge is -2.11. The molecule has 0 spiro atoms.